The van der Waals surface area contributed by atoms with Gasteiger partial charge in [-0.1, -0.05) is 164 Å². The summed E-state index contributed by atoms with van der Waals surface area (Å²) in [7, 11) is -5.03. The average molecular weight is 925 g/mol. The monoisotopic (exact) mass is 925 g/mol. The highest BCUT2D eigenvalue weighted by Crippen LogP contribution is 2.47. The van der Waals surface area contributed by atoms with Crippen molar-refractivity contribution < 1.29 is 58.3 Å². The van der Waals surface area contributed by atoms with E-state index in [4.69, 9.17) is 18.5 Å². The zero-order valence-electron chi connectivity index (χ0n) is 39.6. The van der Waals surface area contributed by atoms with Gasteiger partial charge in [0, 0.05) is 13.0 Å². The van der Waals surface area contributed by atoms with Crippen molar-refractivity contribution in [1.29, 1.82) is 0 Å². The van der Waals surface area contributed by atoms with Gasteiger partial charge >= 0.3 is 13.8 Å². The summed E-state index contributed by atoms with van der Waals surface area (Å²) in [5.74, 6) is -0.500. The van der Waals surface area contributed by atoms with E-state index in [1.165, 1.54) is 57.8 Å². The number of carbonyl (C=O) groups excluding carboxylic acids is 1. The van der Waals surface area contributed by atoms with Gasteiger partial charge in [-0.15, -0.1) is 0 Å². The van der Waals surface area contributed by atoms with Crippen molar-refractivity contribution in [3.8, 4) is 0 Å². The molecule has 0 aromatic carbocycles. The summed E-state index contributed by atoms with van der Waals surface area (Å²) in [6, 6.07) is 0. The third-order valence-electron chi connectivity index (χ3n) is 11.1. The molecule has 6 unspecified atom stereocenters. The van der Waals surface area contributed by atoms with Gasteiger partial charge in [0.1, 0.15) is 42.7 Å². The fourth-order valence-corrected chi connectivity index (χ4v) is 8.11. The van der Waals surface area contributed by atoms with E-state index in [9.17, 15) is 39.8 Å². The fourth-order valence-electron chi connectivity index (χ4n) is 7.14. The second-order valence-corrected chi connectivity index (χ2v) is 18.3. The SMILES string of the molecule is CC/C=C\C/C=C\C/C=C\CCCCCCCC(=O)OC(COCCCCCCCCC/C=C\C/C=C\C/C=C\CCCCCCC)COP(=O)(O)OC1C(O)C(O)C(O)C(O)C1O. The molecule has 6 atom stereocenters. The minimum absolute atomic E-state index is 0.0944. The average Bonchev–Trinajstić information content (AvgIpc) is 3.28. The van der Waals surface area contributed by atoms with Crippen LogP contribution in [0.25, 0.3) is 0 Å². The van der Waals surface area contributed by atoms with Gasteiger partial charge in [-0.05, 0) is 83.5 Å². The van der Waals surface area contributed by atoms with E-state index in [2.05, 4.69) is 86.8 Å². The van der Waals surface area contributed by atoms with Crippen LogP contribution in [0, 0.1) is 0 Å². The summed E-state index contributed by atoms with van der Waals surface area (Å²) >= 11 is 0. The first-order valence-corrected chi connectivity index (χ1v) is 26.3. The van der Waals surface area contributed by atoms with Crippen LogP contribution in [-0.4, -0.2) is 98.9 Å². The van der Waals surface area contributed by atoms with Crippen LogP contribution in [0.1, 0.15) is 181 Å². The maximum atomic E-state index is 12.8. The third kappa shape index (κ3) is 32.5. The number of phosphoric acid groups is 1. The van der Waals surface area contributed by atoms with E-state index in [1.807, 2.05) is 0 Å². The highest BCUT2D eigenvalue weighted by molar-refractivity contribution is 7.47. The molecule has 1 fully saturated rings. The minimum atomic E-state index is -5.03. The van der Waals surface area contributed by atoms with Crippen LogP contribution in [0.3, 0.4) is 0 Å². The molecule has 64 heavy (non-hydrogen) atoms. The van der Waals surface area contributed by atoms with Crippen molar-refractivity contribution >= 4 is 13.8 Å². The highest BCUT2D eigenvalue weighted by atomic mass is 31.2. The third-order valence-corrected chi connectivity index (χ3v) is 12.0. The number of hydrogen-bond acceptors (Lipinski definition) is 11. The summed E-state index contributed by atoms with van der Waals surface area (Å²) in [4.78, 5) is 23.2. The molecule has 0 spiro atoms. The minimum Gasteiger partial charge on any atom is -0.457 e. The summed E-state index contributed by atoms with van der Waals surface area (Å²) < 4.78 is 34.2. The molecule has 0 aromatic heterocycles. The Morgan fingerprint density at radius 1 is 0.516 bits per heavy atom. The van der Waals surface area contributed by atoms with Gasteiger partial charge in [0.05, 0.1) is 13.2 Å². The predicted molar refractivity (Wildman–Crippen MR) is 258 cm³/mol. The van der Waals surface area contributed by atoms with Gasteiger partial charge in [0.2, 0.25) is 0 Å². The van der Waals surface area contributed by atoms with Gasteiger partial charge in [0.15, 0.2) is 0 Å². The Balaban J connectivity index is 2.37. The first-order chi connectivity index (χ1) is 31.0. The van der Waals surface area contributed by atoms with E-state index in [0.717, 1.165) is 96.3 Å². The second-order valence-electron chi connectivity index (χ2n) is 16.9. The van der Waals surface area contributed by atoms with Crippen molar-refractivity contribution in [2.45, 2.75) is 224 Å². The molecule has 13 heteroatoms. The van der Waals surface area contributed by atoms with Crippen LogP contribution in [0.15, 0.2) is 72.9 Å². The molecule has 0 radical (unpaired) electrons. The quantitative estimate of drug-likeness (QED) is 0.0147. The number of unbranched alkanes of at least 4 members (excludes halogenated alkanes) is 17. The standard InChI is InChI=1S/C51H89O12P/c1-3-5-7-9-11-13-15-17-19-20-21-22-23-24-25-27-29-31-33-35-37-39-41-60-42-44(43-61-64(58,59)63-51-49(56)47(54)46(53)48(55)50(51)57)62-45(52)40-38-36-34-32-30-28-26-18-16-14-12-10-8-6-4-2/h6,8,12,14-15,17-18,20-21,23-24,26,44,46-51,53-57H,3-5,7,9-11,13,16,19,22,25,27-43H2,1-2H3,(H,58,59)/b8-6-,14-12-,17-15-,21-20-,24-23-,26-18-. The van der Waals surface area contributed by atoms with Crippen LogP contribution in [0.5, 0.6) is 0 Å². The molecule has 370 valence electrons. The second kappa shape index (κ2) is 41.0. The lowest BCUT2D eigenvalue weighted by Crippen LogP contribution is -2.64. The Morgan fingerprint density at radius 2 is 0.922 bits per heavy atom. The topological polar surface area (TPSA) is 192 Å². The van der Waals surface area contributed by atoms with E-state index in [1.54, 1.807) is 0 Å². The summed E-state index contributed by atoms with van der Waals surface area (Å²) in [6.07, 6.45) is 41.1. The first-order valence-electron chi connectivity index (χ1n) is 24.8. The summed E-state index contributed by atoms with van der Waals surface area (Å²) in [5, 5.41) is 50.2. The Morgan fingerprint density at radius 3 is 1.41 bits per heavy atom. The van der Waals surface area contributed by atoms with Crippen molar-refractivity contribution in [3.63, 3.8) is 0 Å². The van der Waals surface area contributed by atoms with Crippen LogP contribution in [0.4, 0.5) is 0 Å². The van der Waals surface area contributed by atoms with Gasteiger partial charge in [-0.2, -0.15) is 0 Å². The molecule has 1 aliphatic carbocycles. The molecule has 0 heterocycles. The van der Waals surface area contributed by atoms with Crippen LogP contribution >= 0.6 is 7.82 Å². The maximum Gasteiger partial charge on any atom is 0.472 e. The summed E-state index contributed by atoms with van der Waals surface area (Å²) in [5.41, 5.74) is 0. The number of rotatable bonds is 41. The molecule has 1 aliphatic rings. The number of esters is 1. The number of aliphatic hydroxyl groups is 5. The number of aliphatic hydroxyl groups excluding tert-OH is 5. The fraction of sp³-hybridized carbons (Fsp3) is 0.745. The van der Waals surface area contributed by atoms with E-state index in [-0.39, 0.29) is 13.0 Å². The van der Waals surface area contributed by atoms with Crippen molar-refractivity contribution in [3.05, 3.63) is 72.9 Å². The van der Waals surface area contributed by atoms with Crippen LogP contribution < -0.4 is 0 Å². The van der Waals surface area contributed by atoms with Crippen molar-refractivity contribution in [1.82, 2.24) is 0 Å². The molecular weight excluding hydrogens is 836 g/mol. The lowest BCUT2D eigenvalue weighted by atomic mass is 9.85. The maximum absolute atomic E-state index is 12.8. The number of carbonyl (C=O) groups is 1. The lowest BCUT2D eigenvalue weighted by molar-refractivity contribution is -0.220. The molecule has 0 aliphatic heterocycles. The smallest absolute Gasteiger partial charge is 0.457 e. The molecule has 0 bridgehead atoms. The van der Waals surface area contributed by atoms with Gasteiger partial charge in [0.25, 0.3) is 0 Å². The Hall–Kier alpha value is -2.22. The van der Waals surface area contributed by atoms with Gasteiger partial charge in [-0.25, -0.2) is 4.57 Å². The molecule has 0 saturated heterocycles. The zero-order valence-corrected chi connectivity index (χ0v) is 40.5. The highest BCUT2D eigenvalue weighted by Gasteiger charge is 2.51. The number of allylic oxidation sites excluding steroid dienone is 12. The molecule has 1 rings (SSSR count). The normalized spacial score (nSPS) is 22.3. The number of hydrogen-bond donors (Lipinski definition) is 6. The van der Waals surface area contributed by atoms with Crippen molar-refractivity contribution in [2.75, 3.05) is 19.8 Å². The zero-order chi connectivity index (χ0) is 46.9. The van der Waals surface area contributed by atoms with E-state index >= 15 is 0 Å². The van der Waals surface area contributed by atoms with Crippen molar-refractivity contribution in [2.24, 2.45) is 0 Å². The molecule has 0 amide bonds. The number of ether oxygens (including phenoxy) is 2. The molecule has 12 nitrogen and oxygen atoms in total. The van der Waals surface area contributed by atoms with E-state index < -0.39 is 63.1 Å². The molecule has 1 saturated carbocycles. The summed E-state index contributed by atoms with van der Waals surface area (Å²) in [6.45, 7) is 4.09. The van der Waals surface area contributed by atoms with Gasteiger partial charge < -0.3 is 39.9 Å². The Labute approximate surface area is 387 Å². The molecular formula is C51H89O12P. The molecule has 0 aromatic rings. The van der Waals surface area contributed by atoms with Crippen LogP contribution in [-0.2, 0) is 27.9 Å². The first kappa shape index (κ1) is 59.8. The van der Waals surface area contributed by atoms with Crippen LogP contribution in [0.2, 0.25) is 0 Å². The molecule has 6 N–H and O–H groups in total. The van der Waals surface area contributed by atoms with E-state index in [0.29, 0.717) is 13.0 Å². The lowest BCUT2D eigenvalue weighted by Gasteiger charge is -2.41. The largest absolute Gasteiger partial charge is 0.472 e. The predicted octanol–water partition coefficient (Wildman–Crippen LogP) is 10.8. The Bertz CT molecular complexity index is 1330. The Kier molecular flexibility index (Phi) is 38.3. The van der Waals surface area contributed by atoms with Gasteiger partial charge in [-0.3, -0.25) is 13.8 Å². The number of phosphoric ester groups is 1.